The zero-order chi connectivity index (χ0) is 24.2. The second-order valence-electron chi connectivity index (χ2n) is 9.14. The third-order valence-electron chi connectivity index (χ3n) is 6.86. The number of aliphatic carboxylic acids is 1. The number of alkyl carbamates (subject to hydrolysis) is 1. The van der Waals surface area contributed by atoms with Gasteiger partial charge in [-0.2, -0.15) is 0 Å². The molecule has 3 aromatic rings. The maximum absolute atomic E-state index is 12.6. The Morgan fingerprint density at radius 1 is 0.971 bits per heavy atom. The second-order valence-corrected chi connectivity index (χ2v) is 9.14. The van der Waals surface area contributed by atoms with Crippen molar-refractivity contribution in [3.8, 4) is 11.1 Å². The first-order chi connectivity index (χ1) is 17.1. The fraction of sp³-hybridized carbons (Fsp3) is 0.321. The number of nitrogens with one attached hydrogen (secondary N) is 1. The Kier molecular flexibility index (Phi) is 6.66. The van der Waals surface area contributed by atoms with Gasteiger partial charge in [0.05, 0.1) is 0 Å². The van der Waals surface area contributed by atoms with E-state index in [0.717, 1.165) is 59.6 Å². The SMILES string of the molecule is O=C(NC(Cc1ccc(N2CCCCC2)nc1)C(=O)O)OCC1c2ccccc2-c2ccccc21. The van der Waals surface area contributed by atoms with Crippen LogP contribution < -0.4 is 10.2 Å². The third kappa shape index (κ3) is 4.99. The summed E-state index contributed by atoms with van der Waals surface area (Å²) < 4.78 is 5.52. The van der Waals surface area contributed by atoms with Crippen LogP contribution in [-0.2, 0) is 16.0 Å². The monoisotopic (exact) mass is 471 g/mol. The van der Waals surface area contributed by atoms with Crippen LogP contribution in [0.25, 0.3) is 11.1 Å². The van der Waals surface area contributed by atoms with E-state index in [0.29, 0.717) is 0 Å². The van der Waals surface area contributed by atoms with Crippen LogP contribution in [0.2, 0.25) is 0 Å². The van der Waals surface area contributed by atoms with Crippen LogP contribution >= 0.6 is 0 Å². The maximum Gasteiger partial charge on any atom is 0.407 e. The quantitative estimate of drug-likeness (QED) is 0.523. The molecule has 2 N–H and O–H groups in total. The molecule has 1 atom stereocenters. The van der Waals surface area contributed by atoms with Crippen molar-refractivity contribution in [2.24, 2.45) is 0 Å². The molecule has 0 bridgehead atoms. The minimum absolute atomic E-state index is 0.0806. The van der Waals surface area contributed by atoms with Crippen LogP contribution in [0.5, 0.6) is 0 Å². The summed E-state index contributed by atoms with van der Waals surface area (Å²) in [6.07, 6.45) is 4.66. The Morgan fingerprint density at radius 2 is 1.63 bits per heavy atom. The van der Waals surface area contributed by atoms with Crippen LogP contribution in [0.4, 0.5) is 10.6 Å². The number of ether oxygens (including phenoxy) is 1. The molecule has 180 valence electrons. The molecule has 0 spiro atoms. The van der Waals surface area contributed by atoms with Gasteiger partial charge in [-0.15, -0.1) is 0 Å². The van der Waals surface area contributed by atoms with Gasteiger partial charge >= 0.3 is 12.1 Å². The summed E-state index contributed by atoms with van der Waals surface area (Å²) in [7, 11) is 0. The molecule has 7 heteroatoms. The Morgan fingerprint density at radius 3 is 2.23 bits per heavy atom. The number of amides is 1. The lowest BCUT2D eigenvalue weighted by molar-refractivity contribution is -0.139. The lowest BCUT2D eigenvalue weighted by Gasteiger charge is -2.27. The number of carboxylic acids is 1. The first kappa shape index (κ1) is 22.9. The molecule has 5 rings (SSSR count). The van der Waals surface area contributed by atoms with Crippen LogP contribution in [0.1, 0.15) is 41.9 Å². The molecule has 2 aromatic carbocycles. The zero-order valence-electron chi connectivity index (χ0n) is 19.5. The number of carbonyl (C=O) groups excluding carboxylic acids is 1. The molecule has 1 aliphatic carbocycles. The van der Waals surface area contributed by atoms with Crippen molar-refractivity contribution in [2.45, 2.75) is 37.6 Å². The second kappa shape index (κ2) is 10.2. The number of nitrogens with zero attached hydrogens (tertiary/aromatic N) is 2. The van der Waals surface area contributed by atoms with E-state index in [4.69, 9.17) is 4.74 Å². The number of carboxylic acid groups (broad SMARTS) is 1. The van der Waals surface area contributed by atoms with Crippen molar-refractivity contribution >= 4 is 17.9 Å². The number of aromatic nitrogens is 1. The topological polar surface area (TPSA) is 91.8 Å². The van der Waals surface area contributed by atoms with Crippen LogP contribution in [-0.4, -0.2) is 47.9 Å². The minimum Gasteiger partial charge on any atom is -0.480 e. The maximum atomic E-state index is 12.6. The summed E-state index contributed by atoms with van der Waals surface area (Å²) in [4.78, 5) is 31.2. The molecule has 1 unspecified atom stereocenters. The van der Waals surface area contributed by atoms with Gasteiger partial charge < -0.3 is 20.1 Å². The van der Waals surface area contributed by atoms with Crippen LogP contribution in [0, 0.1) is 0 Å². The van der Waals surface area contributed by atoms with Gasteiger partial charge in [0, 0.05) is 31.6 Å². The molecule has 0 saturated carbocycles. The molecule has 1 amide bonds. The number of fused-ring (bicyclic) bond motifs is 3. The van der Waals surface area contributed by atoms with Crippen LogP contribution in [0.3, 0.4) is 0 Å². The minimum atomic E-state index is -1.11. The smallest absolute Gasteiger partial charge is 0.407 e. The average Bonchev–Trinajstić information content (AvgIpc) is 3.21. The number of hydrogen-bond acceptors (Lipinski definition) is 5. The number of hydrogen-bond donors (Lipinski definition) is 2. The number of anilines is 1. The average molecular weight is 472 g/mol. The van der Waals surface area contributed by atoms with Crippen LogP contribution in [0.15, 0.2) is 66.9 Å². The molecule has 7 nitrogen and oxygen atoms in total. The third-order valence-corrected chi connectivity index (χ3v) is 6.86. The summed E-state index contributed by atoms with van der Waals surface area (Å²) in [5, 5.41) is 12.2. The van der Waals surface area contributed by atoms with Gasteiger partial charge in [0.2, 0.25) is 0 Å². The normalized spacial score (nSPS) is 15.7. The molecule has 0 radical (unpaired) electrons. The molecule has 1 aliphatic heterocycles. The Labute approximate surface area is 204 Å². The zero-order valence-corrected chi connectivity index (χ0v) is 19.5. The Hall–Kier alpha value is -3.87. The number of benzene rings is 2. The molecule has 35 heavy (non-hydrogen) atoms. The lowest BCUT2D eigenvalue weighted by Crippen LogP contribution is -2.43. The summed E-state index contributed by atoms with van der Waals surface area (Å²) in [6, 6.07) is 18.9. The van der Waals surface area contributed by atoms with Crippen molar-refractivity contribution in [3.63, 3.8) is 0 Å². The molecule has 1 fully saturated rings. The highest BCUT2D eigenvalue weighted by atomic mass is 16.5. The van der Waals surface area contributed by atoms with E-state index in [2.05, 4.69) is 27.3 Å². The number of carbonyl (C=O) groups is 2. The van der Waals surface area contributed by atoms with Gasteiger partial charge in [-0.1, -0.05) is 54.6 Å². The molecular weight excluding hydrogens is 442 g/mol. The summed E-state index contributed by atoms with van der Waals surface area (Å²) >= 11 is 0. The van der Waals surface area contributed by atoms with Crippen molar-refractivity contribution in [2.75, 3.05) is 24.6 Å². The highest BCUT2D eigenvalue weighted by Crippen LogP contribution is 2.44. The van der Waals surface area contributed by atoms with Crippen molar-refractivity contribution in [1.29, 1.82) is 0 Å². The highest BCUT2D eigenvalue weighted by Gasteiger charge is 2.30. The van der Waals surface area contributed by atoms with Gasteiger partial charge in [0.1, 0.15) is 18.5 Å². The molecule has 2 aliphatic rings. The first-order valence-electron chi connectivity index (χ1n) is 12.1. The number of rotatable bonds is 7. The molecular formula is C28H29N3O4. The summed E-state index contributed by atoms with van der Waals surface area (Å²) in [5.41, 5.74) is 5.24. The summed E-state index contributed by atoms with van der Waals surface area (Å²) in [5.74, 6) is -0.286. The molecule has 1 saturated heterocycles. The number of pyridine rings is 1. The van der Waals surface area contributed by atoms with E-state index in [1.807, 2.05) is 48.5 Å². The largest absolute Gasteiger partial charge is 0.480 e. The van der Waals surface area contributed by atoms with Crippen molar-refractivity contribution in [1.82, 2.24) is 10.3 Å². The Bertz CT molecular complexity index is 1160. The van der Waals surface area contributed by atoms with E-state index < -0.39 is 18.1 Å². The Balaban J connectivity index is 1.20. The van der Waals surface area contributed by atoms with E-state index >= 15 is 0 Å². The van der Waals surface area contributed by atoms with E-state index in [1.165, 1.54) is 6.42 Å². The van der Waals surface area contributed by atoms with Gasteiger partial charge in [-0.05, 0) is 53.1 Å². The standard InChI is InChI=1S/C28H29N3O4/c32-27(33)25(16-19-12-13-26(29-17-19)31-14-6-1-7-15-31)30-28(34)35-18-24-22-10-4-2-8-20(22)21-9-3-5-11-23(21)24/h2-5,8-13,17,24-25H,1,6-7,14-16,18H2,(H,30,34)(H,32,33). The van der Waals surface area contributed by atoms with Gasteiger partial charge in [-0.3, -0.25) is 0 Å². The van der Waals surface area contributed by atoms with E-state index in [-0.39, 0.29) is 18.9 Å². The van der Waals surface area contributed by atoms with E-state index in [1.54, 1.807) is 6.20 Å². The predicted octanol–water partition coefficient (Wildman–Crippen LogP) is 4.61. The van der Waals surface area contributed by atoms with E-state index in [9.17, 15) is 14.7 Å². The first-order valence-corrected chi connectivity index (χ1v) is 12.1. The fourth-order valence-corrected chi connectivity index (χ4v) is 5.07. The lowest BCUT2D eigenvalue weighted by atomic mass is 9.98. The van der Waals surface area contributed by atoms with Gasteiger partial charge in [0.15, 0.2) is 0 Å². The van der Waals surface area contributed by atoms with Gasteiger partial charge in [-0.25, -0.2) is 14.6 Å². The highest BCUT2D eigenvalue weighted by molar-refractivity contribution is 5.81. The number of piperidine rings is 1. The molecule has 1 aromatic heterocycles. The van der Waals surface area contributed by atoms with Gasteiger partial charge in [0.25, 0.3) is 0 Å². The van der Waals surface area contributed by atoms with Crippen molar-refractivity contribution < 1.29 is 19.4 Å². The van der Waals surface area contributed by atoms with Crippen molar-refractivity contribution in [3.05, 3.63) is 83.6 Å². The summed E-state index contributed by atoms with van der Waals surface area (Å²) in [6.45, 7) is 2.12. The molecule has 2 heterocycles. The fourth-order valence-electron chi connectivity index (χ4n) is 5.07. The predicted molar refractivity (Wildman–Crippen MR) is 134 cm³/mol.